The molecule has 1 N–H and O–H groups in total. The molecule has 3 rings (SSSR count). The van der Waals surface area contributed by atoms with Crippen molar-refractivity contribution in [1.29, 1.82) is 0 Å². The van der Waals surface area contributed by atoms with Gasteiger partial charge in [0, 0.05) is 18.1 Å². The van der Waals surface area contributed by atoms with Crippen molar-refractivity contribution in [3.63, 3.8) is 0 Å². The predicted octanol–water partition coefficient (Wildman–Crippen LogP) is 3.03. The molecule has 0 bridgehead atoms. The lowest BCUT2D eigenvalue weighted by Gasteiger charge is -2.37. The van der Waals surface area contributed by atoms with Crippen molar-refractivity contribution >= 4 is 0 Å². The number of hydrogen-bond acceptors (Lipinski definition) is 2. The summed E-state index contributed by atoms with van der Waals surface area (Å²) in [6.45, 7) is 7.56. The first-order valence-electron chi connectivity index (χ1n) is 8.28. The van der Waals surface area contributed by atoms with E-state index in [1.54, 1.807) is 0 Å². The monoisotopic (exact) mass is 250 g/mol. The van der Waals surface area contributed by atoms with E-state index in [2.05, 4.69) is 24.1 Å². The average molecular weight is 250 g/mol. The highest BCUT2D eigenvalue weighted by atomic mass is 15.2. The van der Waals surface area contributed by atoms with Gasteiger partial charge < -0.3 is 10.2 Å². The predicted molar refractivity (Wildman–Crippen MR) is 76.7 cm³/mol. The summed E-state index contributed by atoms with van der Waals surface area (Å²) < 4.78 is 0. The fraction of sp³-hybridized carbons (Fsp3) is 1.00. The number of rotatable bonds is 3. The van der Waals surface area contributed by atoms with Crippen molar-refractivity contribution < 1.29 is 0 Å². The summed E-state index contributed by atoms with van der Waals surface area (Å²) in [6.07, 6.45) is 9.95. The second kappa shape index (κ2) is 5.50. The Morgan fingerprint density at radius 2 is 2.00 bits per heavy atom. The molecule has 0 amide bonds. The van der Waals surface area contributed by atoms with Crippen LogP contribution in [0.3, 0.4) is 0 Å². The molecule has 2 heterocycles. The van der Waals surface area contributed by atoms with Crippen LogP contribution in [0, 0.1) is 11.8 Å². The molecule has 18 heavy (non-hydrogen) atoms. The fourth-order valence-electron chi connectivity index (χ4n) is 4.74. The van der Waals surface area contributed by atoms with Gasteiger partial charge in [-0.05, 0) is 63.5 Å². The molecule has 5 unspecified atom stereocenters. The molecule has 0 aromatic carbocycles. The third-order valence-corrected chi connectivity index (χ3v) is 6.02. The molecule has 0 spiro atoms. The van der Waals surface area contributed by atoms with E-state index in [9.17, 15) is 0 Å². The largest absolute Gasteiger partial charge is 0.311 e. The molecule has 3 fully saturated rings. The van der Waals surface area contributed by atoms with E-state index in [-0.39, 0.29) is 0 Å². The molecule has 1 aliphatic carbocycles. The summed E-state index contributed by atoms with van der Waals surface area (Å²) in [7, 11) is 0. The van der Waals surface area contributed by atoms with E-state index in [4.69, 9.17) is 0 Å². The number of fused-ring (bicyclic) bond motifs is 1. The van der Waals surface area contributed by atoms with Crippen LogP contribution < -0.4 is 5.32 Å². The molecule has 104 valence electrons. The van der Waals surface area contributed by atoms with Gasteiger partial charge in [0.25, 0.3) is 0 Å². The van der Waals surface area contributed by atoms with E-state index in [1.165, 1.54) is 58.0 Å². The van der Waals surface area contributed by atoms with E-state index in [1.807, 2.05) is 0 Å². The Kier molecular flexibility index (Phi) is 3.95. The van der Waals surface area contributed by atoms with Crippen LogP contribution in [0.4, 0.5) is 0 Å². The number of hydrogen-bond donors (Lipinski definition) is 1. The van der Waals surface area contributed by atoms with Crippen molar-refractivity contribution in [3.8, 4) is 0 Å². The van der Waals surface area contributed by atoms with Crippen LogP contribution in [0.15, 0.2) is 0 Å². The van der Waals surface area contributed by atoms with Crippen LogP contribution in [0.5, 0.6) is 0 Å². The van der Waals surface area contributed by atoms with Gasteiger partial charge in [-0.25, -0.2) is 0 Å². The lowest BCUT2D eigenvalue weighted by Crippen LogP contribution is -2.49. The highest BCUT2D eigenvalue weighted by Gasteiger charge is 2.36. The quantitative estimate of drug-likeness (QED) is 0.828. The Balaban J connectivity index is 1.51. The highest BCUT2D eigenvalue weighted by molar-refractivity contribution is 4.93. The van der Waals surface area contributed by atoms with E-state index in [0.29, 0.717) is 0 Å². The standard InChI is InChI=1S/C16H30N2/c1-3-13-6-7-16(12(13)2)17-14-8-10-18-9-4-5-15(18)11-14/h12-17H,3-11H2,1-2H3. The van der Waals surface area contributed by atoms with Crippen molar-refractivity contribution in [3.05, 3.63) is 0 Å². The molecule has 3 aliphatic rings. The Labute approximate surface area is 113 Å². The maximum Gasteiger partial charge on any atom is 0.0111 e. The first kappa shape index (κ1) is 12.9. The van der Waals surface area contributed by atoms with Gasteiger partial charge in [-0.15, -0.1) is 0 Å². The molecule has 2 nitrogen and oxygen atoms in total. The molecular weight excluding hydrogens is 220 g/mol. The van der Waals surface area contributed by atoms with Gasteiger partial charge in [-0.2, -0.15) is 0 Å². The molecule has 0 radical (unpaired) electrons. The lowest BCUT2D eigenvalue weighted by atomic mass is 9.91. The van der Waals surface area contributed by atoms with Gasteiger partial charge >= 0.3 is 0 Å². The van der Waals surface area contributed by atoms with Gasteiger partial charge in [0.2, 0.25) is 0 Å². The summed E-state index contributed by atoms with van der Waals surface area (Å²) >= 11 is 0. The minimum Gasteiger partial charge on any atom is -0.311 e. The fourth-order valence-corrected chi connectivity index (χ4v) is 4.74. The van der Waals surface area contributed by atoms with Crippen LogP contribution in [0.25, 0.3) is 0 Å². The zero-order valence-corrected chi connectivity index (χ0v) is 12.2. The number of nitrogens with one attached hydrogen (secondary N) is 1. The number of piperidine rings is 1. The van der Waals surface area contributed by atoms with E-state index < -0.39 is 0 Å². The minimum atomic E-state index is 0.812. The second-order valence-electron chi connectivity index (χ2n) is 6.93. The molecular formula is C16H30N2. The van der Waals surface area contributed by atoms with Crippen LogP contribution in [-0.2, 0) is 0 Å². The van der Waals surface area contributed by atoms with Gasteiger partial charge in [-0.1, -0.05) is 20.3 Å². The van der Waals surface area contributed by atoms with Crippen molar-refractivity contribution in [2.45, 2.75) is 76.9 Å². The summed E-state index contributed by atoms with van der Waals surface area (Å²) in [6, 6.07) is 2.54. The summed E-state index contributed by atoms with van der Waals surface area (Å²) in [5, 5.41) is 4.02. The van der Waals surface area contributed by atoms with Crippen molar-refractivity contribution in [2.75, 3.05) is 13.1 Å². The average Bonchev–Trinajstić information content (AvgIpc) is 2.97. The zero-order valence-electron chi connectivity index (χ0n) is 12.2. The Morgan fingerprint density at radius 3 is 2.78 bits per heavy atom. The first-order chi connectivity index (χ1) is 8.78. The summed E-state index contributed by atoms with van der Waals surface area (Å²) in [4.78, 5) is 2.73. The topological polar surface area (TPSA) is 15.3 Å². The minimum absolute atomic E-state index is 0.812. The van der Waals surface area contributed by atoms with Gasteiger partial charge in [0.1, 0.15) is 0 Å². The van der Waals surface area contributed by atoms with Gasteiger partial charge in [-0.3, -0.25) is 0 Å². The van der Waals surface area contributed by atoms with Gasteiger partial charge in [0.15, 0.2) is 0 Å². The molecule has 2 heteroatoms. The molecule has 0 aromatic rings. The summed E-state index contributed by atoms with van der Waals surface area (Å²) in [5.41, 5.74) is 0. The highest BCUT2D eigenvalue weighted by Crippen LogP contribution is 2.35. The first-order valence-corrected chi connectivity index (χ1v) is 8.28. The molecule has 5 atom stereocenters. The van der Waals surface area contributed by atoms with Crippen LogP contribution in [-0.4, -0.2) is 36.1 Å². The third-order valence-electron chi connectivity index (χ3n) is 6.02. The van der Waals surface area contributed by atoms with E-state index in [0.717, 1.165) is 30.0 Å². The lowest BCUT2D eigenvalue weighted by molar-refractivity contribution is 0.155. The molecule has 2 aliphatic heterocycles. The number of nitrogens with zero attached hydrogens (tertiary/aromatic N) is 1. The molecule has 2 saturated heterocycles. The van der Waals surface area contributed by atoms with Crippen molar-refractivity contribution in [2.24, 2.45) is 11.8 Å². The Morgan fingerprint density at radius 1 is 1.11 bits per heavy atom. The van der Waals surface area contributed by atoms with E-state index >= 15 is 0 Å². The maximum absolute atomic E-state index is 4.02. The normalized spacial score (nSPS) is 45.3. The Hall–Kier alpha value is -0.0800. The van der Waals surface area contributed by atoms with Crippen LogP contribution >= 0.6 is 0 Å². The maximum atomic E-state index is 4.02. The van der Waals surface area contributed by atoms with Gasteiger partial charge in [0.05, 0.1) is 0 Å². The molecule has 1 saturated carbocycles. The molecule has 0 aromatic heterocycles. The van der Waals surface area contributed by atoms with Crippen molar-refractivity contribution in [1.82, 2.24) is 10.2 Å². The second-order valence-corrected chi connectivity index (χ2v) is 6.93. The third kappa shape index (κ3) is 2.46. The van der Waals surface area contributed by atoms with Crippen LogP contribution in [0.1, 0.15) is 58.8 Å². The SMILES string of the molecule is CCC1CCC(NC2CCN3CCCC3C2)C1C. The summed E-state index contributed by atoms with van der Waals surface area (Å²) in [5.74, 6) is 1.88. The van der Waals surface area contributed by atoms with Crippen LogP contribution in [0.2, 0.25) is 0 Å². The smallest absolute Gasteiger partial charge is 0.0111 e. The zero-order chi connectivity index (χ0) is 12.5. The Bertz CT molecular complexity index is 278.